The van der Waals surface area contributed by atoms with Gasteiger partial charge in [-0.25, -0.2) is 9.48 Å². The van der Waals surface area contributed by atoms with E-state index in [2.05, 4.69) is 5.10 Å². The standard InChI is InChI=1S/C19H31N5O3/c1-3-24-18(20-21(2)19(24)27)15-8-7-12-23(14-15)17(26)10-13-22-11-6-4-5-9-16(22)25/h15H,3-14H2,1-2H3/t15-/m0/s1. The second-order valence-electron chi connectivity index (χ2n) is 7.63. The summed E-state index contributed by atoms with van der Waals surface area (Å²) in [7, 11) is 1.67. The normalized spacial score (nSPS) is 21.4. The average Bonchev–Trinajstić information content (AvgIpc) is 2.82. The molecule has 0 aliphatic carbocycles. The second-order valence-corrected chi connectivity index (χ2v) is 7.63. The summed E-state index contributed by atoms with van der Waals surface area (Å²) < 4.78 is 3.08. The predicted molar refractivity (Wildman–Crippen MR) is 101 cm³/mol. The first-order valence-electron chi connectivity index (χ1n) is 10.2. The van der Waals surface area contributed by atoms with Crippen LogP contribution in [0.2, 0.25) is 0 Å². The lowest BCUT2D eigenvalue weighted by molar-refractivity contribution is -0.135. The Morgan fingerprint density at radius 1 is 1.15 bits per heavy atom. The van der Waals surface area contributed by atoms with Crippen LogP contribution < -0.4 is 5.69 Å². The molecule has 2 aliphatic rings. The van der Waals surface area contributed by atoms with Crippen LogP contribution in [0, 0.1) is 0 Å². The van der Waals surface area contributed by atoms with Crippen LogP contribution in [-0.2, 0) is 23.2 Å². The summed E-state index contributed by atoms with van der Waals surface area (Å²) in [5.74, 6) is 1.15. The van der Waals surface area contributed by atoms with Gasteiger partial charge < -0.3 is 9.80 Å². The minimum atomic E-state index is -0.101. The summed E-state index contributed by atoms with van der Waals surface area (Å²) >= 11 is 0. The molecule has 0 radical (unpaired) electrons. The van der Waals surface area contributed by atoms with Gasteiger partial charge in [-0.2, -0.15) is 5.10 Å². The van der Waals surface area contributed by atoms with Crippen LogP contribution >= 0.6 is 0 Å². The summed E-state index contributed by atoms with van der Waals surface area (Å²) in [4.78, 5) is 40.7. The van der Waals surface area contributed by atoms with Crippen molar-refractivity contribution >= 4 is 11.8 Å². The molecule has 0 saturated carbocycles. The highest BCUT2D eigenvalue weighted by Gasteiger charge is 2.29. The monoisotopic (exact) mass is 377 g/mol. The molecule has 2 amide bonds. The fourth-order valence-corrected chi connectivity index (χ4v) is 4.20. The summed E-state index contributed by atoms with van der Waals surface area (Å²) in [5, 5.41) is 4.41. The first-order chi connectivity index (χ1) is 13.0. The van der Waals surface area contributed by atoms with Gasteiger partial charge >= 0.3 is 5.69 Å². The van der Waals surface area contributed by atoms with Crippen LogP contribution in [0.3, 0.4) is 0 Å². The number of aromatic nitrogens is 3. The van der Waals surface area contributed by atoms with E-state index in [-0.39, 0.29) is 23.4 Å². The third-order valence-corrected chi connectivity index (χ3v) is 5.76. The molecule has 1 aromatic heterocycles. The predicted octanol–water partition coefficient (Wildman–Crippen LogP) is 1.10. The van der Waals surface area contributed by atoms with Gasteiger partial charge in [0.1, 0.15) is 5.82 Å². The van der Waals surface area contributed by atoms with Crippen LogP contribution in [0.4, 0.5) is 0 Å². The van der Waals surface area contributed by atoms with Gasteiger partial charge in [-0.05, 0) is 32.6 Å². The Balaban J connectivity index is 1.60. The Morgan fingerprint density at radius 2 is 1.96 bits per heavy atom. The van der Waals surface area contributed by atoms with E-state index in [0.29, 0.717) is 32.5 Å². The van der Waals surface area contributed by atoms with Crippen molar-refractivity contribution in [1.82, 2.24) is 24.1 Å². The van der Waals surface area contributed by atoms with Crippen molar-refractivity contribution in [2.45, 2.75) is 64.3 Å². The van der Waals surface area contributed by atoms with E-state index in [9.17, 15) is 14.4 Å². The first-order valence-corrected chi connectivity index (χ1v) is 10.2. The Labute approximate surface area is 160 Å². The quantitative estimate of drug-likeness (QED) is 0.770. The van der Waals surface area contributed by atoms with E-state index < -0.39 is 0 Å². The summed E-state index contributed by atoms with van der Waals surface area (Å²) in [6, 6.07) is 0. The van der Waals surface area contributed by atoms with Crippen molar-refractivity contribution < 1.29 is 9.59 Å². The number of hydrogen-bond donors (Lipinski definition) is 0. The maximum atomic E-state index is 12.7. The Hall–Kier alpha value is -2.12. The van der Waals surface area contributed by atoms with E-state index in [1.54, 1.807) is 11.6 Å². The smallest absolute Gasteiger partial charge is 0.342 e. The van der Waals surface area contributed by atoms with Gasteiger partial charge in [0.25, 0.3) is 0 Å². The van der Waals surface area contributed by atoms with E-state index in [1.165, 1.54) is 4.68 Å². The van der Waals surface area contributed by atoms with Crippen LogP contribution in [0.15, 0.2) is 4.79 Å². The molecule has 2 aliphatic heterocycles. The highest BCUT2D eigenvalue weighted by atomic mass is 16.2. The van der Waals surface area contributed by atoms with Crippen molar-refractivity contribution in [1.29, 1.82) is 0 Å². The number of piperidine rings is 1. The van der Waals surface area contributed by atoms with Gasteiger partial charge in [0.2, 0.25) is 11.8 Å². The maximum absolute atomic E-state index is 12.7. The maximum Gasteiger partial charge on any atom is 0.345 e. The first kappa shape index (κ1) is 19.6. The van der Waals surface area contributed by atoms with Crippen LogP contribution in [-0.4, -0.2) is 62.1 Å². The van der Waals surface area contributed by atoms with Crippen molar-refractivity contribution in [2.24, 2.45) is 7.05 Å². The third kappa shape index (κ3) is 4.42. The van der Waals surface area contributed by atoms with Gasteiger partial charge in [0, 0.05) is 58.5 Å². The molecular weight excluding hydrogens is 346 g/mol. The van der Waals surface area contributed by atoms with Gasteiger partial charge in [0.05, 0.1) is 0 Å². The Morgan fingerprint density at radius 3 is 2.74 bits per heavy atom. The van der Waals surface area contributed by atoms with Gasteiger partial charge in [-0.3, -0.25) is 14.2 Å². The fourth-order valence-electron chi connectivity index (χ4n) is 4.20. The lowest BCUT2D eigenvalue weighted by atomic mass is 9.97. The van der Waals surface area contributed by atoms with Gasteiger partial charge in [0.15, 0.2) is 0 Å². The number of hydrogen-bond acceptors (Lipinski definition) is 4. The van der Waals surface area contributed by atoms with Gasteiger partial charge in [-0.15, -0.1) is 0 Å². The molecule has 2 saturated heterocycles. The number of rotatable bonds is 5. The Bertz CT molecular complexity index is 738. The Kier molecular flexibility index (Phi) is 6.34. The number of carbonyl (C=O) groups is 2. The number of nitrogens with zero attached hydrogens (tertiary/aromatic N) is 5. The SMILES string of the molecule is CCn1c([C@H]2CCCN(C(=O)CCN3CCCCCC3=O)C2)nn(C)c1=O. The molecule has 0 aromatic carbocycles. The highest BCUT2D eigenvalue weighted by molar-refractivity contribution is 5.79. The molecule has 3 rings (SSSR count). The number of carbonyl (C=O) groups excluding carboxylic acids is 2. The van der Waals surface area contributed by atoms with E-state index in [4.69, 9.17) is 0 Å². The van der Waals surface area contributed by atoms with Gasteiger partial charge in [-0.1, -0.05) is 6.42 Å². The molecule has 8 nitrogen and oxygen atoms in total. The summed E-state index contributed by atoms with van der Waals surface area (Å²) in [6.07, 6.45) is 5.90. The van der Waals surface area contributed by atoms with E-state index in [0.717, 1.165) is 51.0 Å². The molecule has 2 fully saturated rings. The molecule has 0 unspecified atom stereocenters. The lowest BCUT2D eigenvalue weighted by Gasteiger charge is -2.33. The van der Waals surface area contributed by atoms with Crippen molar-refractivity contribution in [3.05, 3.63) is 16.3 Å². The summed E-state index contributed by atoms with van der Waals surface area (Å²) in [5.41, 5.74) is -0.101. The van der Waals surface area contributed by atoms with Crippen molar-refractivity contribution in [3.8, 4) is 0 Å². The van der Waals surface area contributed by atoms with Crippen molar-refractivity contribution in [3.63, 3.8) is 0 Å². The minimum Gasteiger partial charge on any atom is -0.342 e. The second kappa shape index (κ2) is 8.71. The van der Waals surface area contributed by atoms with Crippen LogP contribution in [0.1, 0.15) is 63.6 Å². The zero-order chi connectivity index (χ0) is 19.4. The number of likely N-dealkylation sites (tertiary alicyclic amines) is 2. The van der Waals surface area contributed by atoms with Crippen LogP contribution in [0.25, 0.3) is 0 Å². The third-order valence-electron chi connectivity index (χ3n) is 5.76. The highest BCUT2D eigenvalue weighted by Crippen LogP contribution is 2.25. The van der Waals surface area contributed by atoms with Crippen LogP contribution in [0.5, 0.6) is 0 Å². The molecule has 0 spiro atoms. The zero-order valence-electron chi connectivity index (χ0n) is 16.5. The van der Waals surface area contributed by atoms with E-state index >= 15 is 0 Å². The number of aryl methyl sites for hydroxylation is 1. The molecule has 0 bridgehead atoms. The molecule has 8 heteroatoms. The average molecular weight is 377 g/mol. The summed E-state index contributed by atoms with van der Waals surface area (Å²) in [6.45, 7) is 5.16. The topological polar surface area (TPSA) is 80.4 Å². The molecule has 150 valence electrons. The largest absolute Gasteiger partial charge is 0.345 e. The van der Waals surface area contributed by atoms with E-state index in [1.807, 2.05) is 16.7 Å². The molecule has 27 heavy (non-hydrogen) atoms. The molecular formula is C19H31N5O3. The molecule has 3 heterocycles. The molecule has 0 N–H and O–H groups in total. The zero-order valence-corrected chi connectivity index (χ0v) is 16.5. The van der Waals surface area contributed by atoms with Crippen molar-refractivity contribution in [2.75, 3.05) is 26.2 Å². The number of amides is 2. The molecule has 1 atom stereocenters. The molecule has 1 aromatic rings. The lowest BCUT2D eigenvalue weighted by Crippen LogP contribution is -2.42. The fraction of sp³-hybridized carbons (Fsp3) is 0.789. The minimum absolute atomic E-state index is 0.0939.